The van der Waals surface area contributed by atoms with Crippen molar-refractivity contribution in [3.05, 3.63) is 23.3 Å². The summed E-state index contributed by atoms with van der Waals surface area (Å²) < 4.78 is 35.1. The van der Waals surface area contributed by atoms with Crippen LogP contribution in [0.3, 0.4) is 0 Å². The van der Waals surface area contributed by atoms with Crippen molar-refractivity contribution >= 4 is 34.3 Å². The highest BCUT2D eigenvalue weighted by atomic mass is 32.3. The van der Waals surface area contributed by atoms with Crippen molar-refractivity contribution in [2.75, 3.05) is 13.1 Å². The molecular weight excluding hydrogens is 460 g/mol. The Morgan fingerprint density at radius 2 is 1.24 bits per heavy atom. The van der Waals surface area contributed by atoms with E-state index in [0.29, 0.717) is 34.1 Å². The van der Waals surface area contributed by atoms with Gasteiger partial charge in [-0.3, -0.25) is 9.59 Å². The third-order valence-electron chi connectivity index (χ3n) is 6.08. The van der Waals surface area contributed by atoms with Crippen LogP contribution in [0.25, 0.3) is 0 Å². The SMILES string of the molecule is CCC1=CC2CN(C(=O)N2OS(=O)(=O)ON2C(=O)N3CC2C=C(CC)C3C(N)=O)C1C(N)=O. The van der Waals surface area contributed by atoms with Crippen LogP contribution in [0.4, 0.5) is 9.59 Å². The summed E-state index contributed by atoms with van der Waals surface area (Å²) >= 11 is 0. The Labute approximate surface area is 189 Å². The van der Waals surface area contributed by atoms with Crippen molar-refractivity contribution < 1.29 is 36.2 Å². The maximum Gasteiger partial charge on any atom is 0.442 e. The summed E-state index contributed by atoms with van der Waals surface area (Å²) in [5.74, 6) is -1.50. The van der Waals surface area contributed by atoms with E-state index >= 15 is 0 Å². The summed E-state index contributed by atoms with van der Waals surface area (Å²) in [6.45, 7) is 3.53. The Bertz CT molecular complexity index is 1010. The van der Waals surface area contributed by atoms with Gasteiger partial charge in [-0.25, -0.2) is 9.59 Å². The van der Waals surface area contributed by atoms with E-state index in [1.165, 1.54) is 0 Å². The number of nitrogens with two attached hydrogens (primary N) is 2. The van der Waals surface area contributed by atoms with Crippen LogP contribution in [0.15, 0.2) is 23.3 Å². The molecule has 180 valence electrons. The van der Waals surface area contributed by atoms with Gasteiger partial charge in [0.1, 0.15) is 12.1 Å². The first-order valence-corrected chi connectivity index (χ1v) is 11.7. The number of primary amides is 2. The van der Waals surface area contributed by atoms with Crippen LogP contribution < -0.4 is 11.5 Å². The van der Waals surface area contributed by atoms with E-state index < -0.39 is 58.4 Å². The van der Waals surface area contributed by atoms with E-state index in [-0.39, 0.29) is 13.1 Å². The molecule has 0 radical (unpaired) electrons. The molecule has 0 spiro atoms. The quantitative estimate of drug-likeness (QED) is 0.398. The summed E-state index contributed by atoms with van der Waals surface area (Å²) in [6.07, 6.45) is 3.94. The molecule has 4 atom stereocenters. The van der Waals surface area contributed by atoms with Crippen molar-refractivity contribution in [3.63, 3.8) is 0 Å². The highest BCUT2D eigenvalue weighted by Gasteiger charge is 2.52. The van der Waals surface area contributed by atoms with Gasteiger partial charge in [-0.15, -0.1) is 8.57 Å². The van der Waals surface area contributed by atoms with Crippen LogP contribution >= 0.6 is 0 Å². The van der Waals surface area contributed by atoms with Crippen LogP contribution in [0, 0.1) is 0 Å². The van der Waals surface area contributed by atoms with Gasteiger partial charge in [0.15, 0.2) is 0 Å². The van der Waals surface area contributed by atoms with Crippen LogP contribution in [0.5, 0.6) is 0 Å². The second kappa shape index (κ2) is 8.00. The molecule has 4 bridgehead atoms. The monoisotopic (exact) mass is 484 g/mol. The van der Waals surface area contributed by atoms with E-state index in [2.05, 4.69) is 0 Å². The van der Waals surface area contributed by atoms with Crippen molar-refractivity contribution in [1.29, 1.82) is 0 Å². The largest absolute Gasteiger partial charge is 0.442 e. The molecular formula is C18H24N6O8S. The van der Waals surface area contributed by atoms with Crippen LogP contribution in [0.2, 0.25) is 0 Å². The minimum absolute atomic E-state index is 0.00655. The van der Waals surface area contributed by atoms with Gasteiger partial charge >= 0.3 is 22.5 Å². The minimum Gasteiger partial charge on any atom is -0.368 e. The zero-order valence-electron chi connectivity index (χ0n) is 17.9. The zero-order chi connectivity index (χ0) is 24.2. The predicted octanol–water partition coefficient (Wildman–Crippen LogP) is -1.29. The third-order valence-corrected chi connectivity index (χ3v) is 6.76. The summed E-state index contributed by atoms with van der Waals surface area (Å²) in [7, 11) is -4.95. The lowest BCUT2D eigenvalue weighted by atomic mass is 9.96. The standard InChI is InChI=1S/C18H24N6O8S/c1-3-9-5-11-7-21(13(9)15(19)25)17(27)23(11)31-33(29,30)32-24-12-6-10(4-2)14(16(20)26)22(8-12)18(24)28/h5-6,11-14H,3-4,7-8H2,1-2H3,(H2,19,25)(H2,20,26). The Morgan fingerprint density at radius 3 is 1.55 bits per heavy atom. The normalized spacial score (nSPS) is 28.9. The van der Waals surface area contributed by atoms with Crippen LogP contribution in [-0.2, 0) is 28.6 Å². The Morgan fingerprint density at radius 1 is 0.879 bits per heavy atom. The molecule has 14 nitrogen and oxygen atoms in total. The lowest BCUT2D eigenvalue weighted by molar-refractivity contribution is -0.122. The summed E-state index contributed by atoms with van der Waals surface area (Å²) in [6, 6.07) is -5.38. The number of carbonyl (C=O) groups excluding carboxylic acids is 4. The van der Waals surface area contributed by atoms with Gasteiger partial charge in [0.25, 0.3) is 0 Å². The van der Waals surface area contributed by atoms with Crippen molar-refractivity contribution in [2.45, 2.75) is 50.9 Å². The molecule has 4 unspecified atom stereocenters. The molecule has 4 rings (SSSR count). The molecule has 4 aliphatic heterocycles. The molecule has 15 heteroatoms. The molecule has 2 saturated heterocycles. The number of amides is 6. The van der Waals surface area contributed by atoms with Crippen LogP contribution in [0.1, 0.15) is 26.7 Å². The van der Waals surface area contributed by atoms with E-state index in [0.717, 1.165) is 9.80 Å². The van der Waals surface area contributed by atoms with Gasteiger partial charge in [0.2, 0.25) is 11.8 Å². The molecule has 2 fully saturated rings. The number of fused-ring (bicyclic) bond motifs is 4. The molecule has 33 heavy (non-hydrogen) atoms. The van der Waals surface area contributed by atoms with Gasteiger partial charge in [0, 0.05) is 0 Å². The molecule has 4 N–H and O–H groups in total. The molecule has 0 saturated carbocycles. The van der Waals surface area contributed by atoms with Crippen molar-refractivity contribution in [3.8, 4) is 0 Å². The predicted molar refractivity (Wildman–Crippen MR) is 109 cm³/mol. The lowest BCUT2D eigenvalue weighted by Crippen LogP contribution is -2.48. The molecule has 0 aliphatic carbocycles. The summed E-state index contributed by atoms with van der Waals surface area (Å²) in [5.41, 5.74) is 12.0. The van der Waals surface area contributed by atoms with E-state index in [4.69, 9.17) is 20.0 Å². The Balaban J connectivity index is 1.53. The lowest BCUT2D eigenvalue weighted by Gasteiger charge is -2.28. The fraction of sp³-hybridized carbons (Fsp3) is 0.556. The van der Waals surface area contributed by atoms with E-state index in [9.17, 15) is 27.6 Å². The second-order valence-electron chi connectivity index (χ2n) is 8.01. The fourth-order valence-electron chi connectivity index (χ4n) is 4.67. The van der Waals surface area contributed by atoms with Gasteiger partial charge in [-0.05, 0) is 24.0 Å². The van der Waals surface area contributed by atoms with Gasteiger partial charge in [-0.1, -0.05) is 26.0 Å². The van der Waals surface area contributed by atoms with Crippen LogP contribution in [-0.4, -0.2) is 89.5 Å². The second-order valence-corrected chi connectivity index (χ2v) is 9.13. The van der Waals surface area contributed by atoms with E-state index in [1.54, 1.807) is 26.0 Å². The fourth-order valence-corrected chi connectivity index (χ4v) is 5.44. The molecule has 4 heterocycles. The van der Waals surface area contributed by atoms with Gasteiger partial charge < -0.3 is 21.3 Å². The number of rotatable bonds is 8. The average molecular weight is 484 g/mol. The highest BCUT2D eigenvalue weighted by Crippen LogP contribution is 2.34. The molecule has 0 aromatic rings. The smallest absolute Gasteiger partial charge is 0.368 e. The van der Waals surface area contributed by atoms with Crippen molar-refractivity contribution in [1.82, 2.24) is 19.9 Å². The number of urea groups is 2. The minimum atomic E-state index is -4.95. The number of hydrogen-bond donors (Lipinski definition) is 2. The van der Waals surface area contributed by atoms with Crippen molar-refractivity contribution in [2.24, 2.45) is 11.5 Å². The average Bonchev–Trinajstić information content (AvgIpc) is 3.12. The maximum absolute atomic E-state index is 12.7. The number of nitrogens with zero attached hydrogens (tertiary/aromatic N) is 4. The van der Waals surface area contributed by atoms with Gasteiger partial charge in [0.05, 0.1) is 25.2 Å². The number of hydroxylamine groups is 4. The maximum atomic E-state index is 12.7. The van der Waals surface area contributed by atoms with E-state index in [1.807, 2.05) is 0 Å². The number of hydrogen-bond acceptors (Lipinski definition) is 8. The third kappa shape index (κ3) is 3.71. The first-order valence-electron chi connectivity index (χ1n) is 10.3. The summed E-state index contributed by atoms with van der Waals surface area (Å²) in [4.78, 5) is 51.4. The molecule has 6 amide bonds. The topological polar surface area (TPSA) is 186 Å². The number of carbonyl (C=O) groups is 4. The first kappa shape index (κ1) is 23.0. The molecule has 4 aliphatic rings. The van der Waals surface area contributed by atoms with Gasteiger partial charge in [-0.2, -0.15) is 18.5 Å². The Hall–Kier alpha value is -3.17. The Kier molecular flexibility index (Phi) is 5.58. The molecule has 0 aromatic carbocycles. The zero-order valence-corrected chi connectivity index (χ0v) is 18.7. The summed E-state index contributed by atoms with van der Waals surface area (Å²) in [5, 5.41) is 1.14. The molecule has 0 aromatic heterocycles. The highest BCUT2D eigenvalue weighted by molar-refractivity contribution is 7.81. The first-order chi connectivity index (χ1) is 15.5.